The Kier molecular flexibility index (Phi) is 4.71. The molecule has 0 saturated heterocycles. The van der Waals surface area contributed by atoms with E-state index in [4.69, 9.17) is 4.74 Å². The number of carbonyl (C=O) groups excluding carboxylic acids is 1. The van der Waals surface area contributed by atoms with E-state index in [1.54, 1.807) is 0 Å². The Morgan fingerprint density at radius 3 is 2.44 bits per heavy atom. The van der Waals surface area contributed by atoms with Gasteiger partial charge in [-0.3, -0.25) is 0 Å². The molecule has 1 rings (SSSR count). The normalized spacial score (nSPS) is 11.1. The van der Waals surface area contributed by atoms with Gasteiger partial charge in [0.1, 0.15) is 11.3 Å². The SMILES string of the molecule is COC(=O)c1c(CS(=O)(=O)[O-])ccc(Br)c1OC. The van der Waals surface area contributed by atoms with Crippen molar-refractivity contribution in [3.05, 3.63) is 27.7 Å². The van der Waals surface area contributed by atoms with Crippen LogP contribution in [0.2, 0.25) is 0 Å². The third-order valence-corrected chi connectivity index (χ3v) is 3.41. The minimum Gasteiger partial charge on any atom is -0.748 e. The van der Waals surface area contributed by atoms with E-state index in [0.29, 0.717) is 4.47 Å². The molecular formula is C10H10BrO6S-. The van der Waals surface area contributed by atoms with E-state index < -0.39 is 21.8 Å². The van der Waals surface area contributed by atoms with Crippen LogP contribution in [0, 0.1) is 0 Å². The number of halogens is 1. The number of esters is 1. The lowest BCUT2D eigenvalue weighted by atomic mass is 10.1. The van der Waals surface area contributed by atoms with Gasteiger partial charge >= 0.3 is 5.97 Å². The summed E-state index contributed by atoms with van der Waals surface area (Å²) in [5.41, 5.74) is -0.0364. The summed E-state index contributed by atoms with van der Waals surface area (Å²) in [5, 5.41) is 0. The molecule has 0 saturated carbocycles. The van der Waals surface area contributed by atoms with Gasteiger partial charge in [0.15, 0.2) is 0 Å². The van der Waals surface area contributed by atoms with Gasteiger partial charge < -0.3 is 14.0 Å². The first-order chi connectivity index (χ1) is 8.30. The lowest BCUT2D eigenvalue weighted by Gasteiger charge is -2.15. The molecule has 1 aromatic carbocycles. The Balaban J connectivity index is 3.47. The van der Waals surface area contributed by atoms with E-state index in [1.165, 1.54) is 19.2 Å². The fraction of sp³-hybridized carbons (Fsp3) is 0.300. The zero-order chi connectivity index (χ0) is 13.9. The monoisotopic (exact) mass is 337 g/mol. The Bertz CT molecular complexity index is 566. The Labute approximate surface area is 113 Å². The van der Waals surface area contributed by atoms with Crippen molar-refractivity contribution in [1.29, 1.82) is 0 Å². The largest absolute Gasteiger partial charge is 0.748 e. The molecule has 1 aromatic rings. The van der Waals surface area contributed by atoms with Crippen LogP contribution in [0.4, 0.5) is 0 Å². The molecule has 0 aliphatic carbocycles. The van der Waals surface area contributed by atoms with Crippen molar-refractivity contribution in [2.24, 2.45) is 0 Å². The second-order valence-corrected chi connectivity index (χ2v) is 5.57. The summed E-state index contributed by atoms with van der Waals surface area (Å²) in [6, 6.07) is 2.85. The molecule has 0 amide bonds. The highest BCUT2D eigenvalue weighted by molar-refractivity contribution is 9.10. The van der Waals surface area contributed by atoms with Gasteiger partial charge in [-0.1, -0.05) is 6.07 Å². The van der Waals surface area contributed by atoms with Crippen molar-refractivity contribution in [2.45, 2.75) is 5.75 Å². The second kappa shape index (κ2) is 5.68. The number of benzene rings is 1. The van der Waals surface area contributed by atoms with Gasteiger partial charge in [0.05, 0.1) is 34.6 Å². The van der Waals surface area contributed by atoms with Crippen LogP contribution in [0.5, 0.6) is 5.75 Å². The van der Waals surface area contributed by atoms with Crippen molar-refractivity contribution < 1.29 is 27.2 Å². The van der Waals surface area contributed by atoms with E-state index >= 15 is 0 Å². The molecule has 8 heteroatoms. The molecule has 100 valence electrons. The summed E-state index contributed by atoms with van der Waals surface area (Å²) in [7, 11) is -2.04. The summed E-state index contributed by atoms with van der Waals surface area (Å²) in [5.74, 6) is -1.45. The minimum atomic E-state index is -4.51. The number of rotatable bonds is 4. The average Bonchev–Trinajstić information content (AvgIpc) is 2.28. The molecule has 0 spiro atoms. The molecule has 0 unspecified atom stereocenters. The van der Waals surface area contributed by atoms with Crippen molar-refractivity contribution in [3.63, 3.8) is 0 Å². The van der Waals surface area contributed by atoms with Crippen molar-refractivity contribution in [2.75, 3.05) is 14.2 Å². The van der Waals surface area contributed by atoms with E-state index in [9.17, 15) is 17.8 Å². The van der Waals surface area contributed by atoms with Crippen LogP contribution in [0.3, 0.4) is 0 Å². The lowest BCUT2D eigenvalue weighted by molar-refractivity contribution is 0.0596. The second-order valence-electron chi connectivity index (χ2n) is 3.31. The van der Waals surface area contributed by atoms with E-state index in [-0.39, 0.29) is 16.9 Å². The van der Waals surface area contributed by atoms with E-state index in [0.717, 1.165) is 7.11 Å². The van der Waals surface area contributed by atoms with Gasteiger partial charge in [-0.05, 0) is 27.6 Å². The first-order valence-corrected chi connectivity index (χ1v) is 7.04. The van der Waals surface area contributed by atoms with Gasteiger partial charge in [0, 0.05) is 0 Å². The molecule has 0 atom stereocenters. The Hall–Kier alpha value is -1.12. The van der Waals surface area contributed by atoms with Crippen LogP contribution >= 0.6 is 15.9 Å². The summed E-state index contributed by atoms with van der Waals surface area (Å²) in [4.78, 5) is 11.6. The highest BCUT2D eigenvalue weighted by atomic mass is 79.9. The maximum atomic E-state index is 11.6. The molecule has 0 fully saturated rings. The van der Waals surface area contributed by atoms with Gasteiger partial charge in [-0.2, -0.15) is 0 Å². The van der Waals surface area contributed by atoms with Crippen LogP contribution < -0.4 is 4.74 Å². The molecular weight excluding hydrogens is 328 g/mol. The quantitative estimate of drug-likeness (QED) is 0.607. The molecule has 0 aliphatic heterocycles. The summed E-state index contributed by atoms with van der Waals surface area (Å²) >= 11 is 3.16. The Morgan fingerprint density at radius 1 is 1.39 bits per heavy atom. The molecule has 6 nitrogen and oxygen atoms in total. The Morgan fingerprint density at radius 2 is 2.00 bits per heavy atom. The smallest absolute Gasteiger partial charge is 0.342 e. The van der Waals surface area contributed by atoms with Crippen molar-refractivity contribution in [3.8, 4) is 5.75 Å². The van der Waals surface area contributed by atoms with Crippen molar-refractivity contribution in [1.82, 2.24) is 0 Å². The van der Waals surface area contributed by atoms with Crippen LogP contribution in [0.15, 0.2) is 16.6 Å². The average molecular weight is 338 g/mol. The standard InChI is InChI=1S/C10H11BrO6S/c1-16-9-7(11)4-3-6(5-18(13,14)15)8(9)10(12)17-2/h3-4H,5H2,1-2H3,(H,13,14,15)/p-1. The highest BCUT2D eigenvalue weighted by Crippen LogP contribution is 2.32. The maximum Gasteiger partial charge on any atom is 0.342 e. The van der Waals surface area contributed by atoms with Gasteiger partial charge in [-0.15, -0.1) is 0 Å². The number of carbonyl (C=O) groups is 1. The van der Waals surface area contributed by atoms with Crippen molar-refractivity contribution >= 4 is 32.0 Å². The fourth-order valence-corrected chi connectivity index (χ4v) is 2.55. The summed E-state index contributed by atoms with van der Waals surface area (Å²) < 4.78 is 42.4. The van der Waals surface area contributed by atoms with Crippen LogP contribution in [0.25, 0.3) is 0 Å². The predicted molar refractivity (Wildman–Crippen MR) is 65.4 cm³/mol. The molecule has 0 radical (unpaired) electrons. The maximum absolute atomic E-state index is 11.6. The lowest BCUT2D eigenvalue weighted by Crippen LogP contribution is -2.12. The first kappa shape index (κ1) is 14.9. The number of ether oxygens (including phenoxy) is 2. The van der Waals surface area contributed by atoms with Gasteiger partial charge in [-0.25, -0.2) is 13.2 Å². The van der Waals surface area contributed by atoms with Crippen LogP contribution in [-0.2, 0) is 20.6 Å². The first-order valence-electron chi connectivity index (χ1n) is 4.67. The third kappa shape index (κ3) is 3.44. The number of hydrogen-bond acceptors (Lipinski definition) is 6. The zero-order valence-corrected chi connectivity index (χ0v) is 12.0. The van der Waals surface area contributed by atoms with E-state index in [2.05, 4.69) is 20.7 Å². The highest BCUT2D eigenvalue weighted by Gasteiger charge is 2.21. The molecule has 18 heavy (non-hydrogen) atoms. The van der Waals surface area contributed by atoms with Crippen LogP contribution in [0.1, 0.15) is 15.9 Å². The third-order valence-electron chi connectivity index (χ3n) is 2.12. The van der Waals surface area contributed by atoms with Crippen LogP contribution in [-0.4, -0.2) is 33.2 Å². The summed E-state index contributed by atoms with van der Waals surface area (Å²) in [6.07, 6.45) is 0. The topological polar surface area (TPSA) is 92.7 Å². The van der Waals surface area contributed by atoms with E-state index in [1.807, 2.05) is 0 Å². The van der Waals surface area contributed by atoms with Gasteiger partial charge in [0.2, 0.25) is 0 Å². The number of methoxy groups -OCH3 is 2. The van der Waals surface area contributed by atoms with Gasteiger partial charge in [0.25, 0.3) is 0 Å². The zero-order valence-electron chi connectivity index (χ0n) is 9.60. The molecule has 0 heterocycles. The molecule has 0 bridgehead atoms. The minimum absolute atomic E-state index is 0.0388. The predicted octanol–water partition coefficient (Wildman–Crippen LogP) is 1.29. The molecule has 0 N–H and O–H groups in total. The summed E-state index contributed by atoms with van der Waals surface area (Å²) in [6.45, 7) is 0. The number of hydrogen-bond donors (Lipinski definition) is 0. The fourth-order valence-electron chi connectivity index (χ4n) is 1.43. The molecule has 0 aromatic heterocycles. The molecule has 0 aliphatic rings.